The molecule has 0 unspecified atom stereocenters. The molecule has 0 radical (unpaired) electrons. The number of nitrogens with zero attached hydrogens (tertiary/aromatic N) is 2. The molecule has 0 saturated carbocycles. The van der Waals surface area contributed by atoms with Crippen molar-refractivity contribution >= 4 is 11.7 Å². The van der Waals surface area contributed by atoms with Gasteiger partial charge in [-0.25, -0.2) is 4.99 Å². The van der Waals surface area contributed by atoms with Gasteiger partial charge in [-0.1, -0.05) is 0 Å². The molecule has 4 nitrogen and oxygen atoms in total. The van der Waals surface area contributed by atoms with E-state index < -0.39 is 0 Å². The largest absolute Gasteiger partial charge is 0.370 e. The summed E-state index contributed by atoms with van der Waals surface area (Å²) in [5.74, 6) is 0.368. The van der Waals surface area contributed by atoms with E-state index in [9.17, 15) is 4.79 Å². The van der Waals surface area contributed by atoms with Crippen LogP contribution in [0.25, 0.3) is 0 Å². The molecular formula is C8H15N3O. The van der Waals surface area contributed by atoms with Gasteiger partial charge in [0.1, 0.15) is 0 Å². The number of allylic oxidation sites excluding steroid dienone is 2. The molecule has 0 amide bonds. The maximum absolute atomic E-state index is 10.6. The first-order valence-corrected chi connectivity index (χ1v) is 3.64. The summed E-state index contributed by atoms with van der Waals surface area (Å²) in [6, 6.07) is 0. The Hall–Kier alpha value is -1.32. The zero-order chi connectivity index (χ0) is 9.72. The van der Waals surface area contributed by atoms with E-state index in [1.807, 2.05) is 0 Å². The fraction of sp³-hybridized carbons (Fsp3) is 0.500. The molecule has 0 saturated heterocycles. The molecular weight excluding hydrogens is 154 g/mol. The fourth-order valence-corrected chi connectivity index (χ4v) is 0.607. The van der Waals surface area contributed by atoms with E-state index in [-0.39, 0.29) is 5.78 Å². The van der Waals surface area contributed by atoms with Crippen molar-refractivity contribution in [2.75, 3.05) is 14.1 Å². The monoisotopic (exact) mass is 169 g/mol. The third kappa shape index (κ3) is 4.49. The summed E-state index contributed by atoms with van der Waals surface area (Å²) in [5, 5.41) is 0. The molecule has 0 bridgehead atoms. The number of rotatable bonds is 2. The fourth-order valence-electron chi connectivity index (χ4n) is 0.607. The highest BCUT2D eigenvalue weighted by Crippen LogP contribution is 1.94. The molecule has 68 valence electrons. The summed E-state index contributed by atoms with van der Waals surface area (Å²) < 4.78 is 0. The van der Waals surface area contributed by atoms with Gasteiger partial charge in [0.15, 0.2) is 11.7 Å². The van der Waals surface area contributed by atoms with Crippen molar-refractivity contribution in [2.45, 2.75) is 13.8 Å². The zero-order valence-electron chi connectivity index (χ0n) is 7.96. The van der Waals surface area contributed by atoms with Gasteiger partial charge in [-0.05, 0) is 13.8 Å². The van der Waals surface area contributed by atoms with Gasteiger partial charge in [0.05, 0.1) is 0 Å². The van der Waals surface area contributed by atoms with Crippen molar-refractivity contribution in [1.29, 1.82) is 0 Å². The molecule has 0 fully saturated rings. The molecule has 0 aromatic carbocycles. The van der Waals surface area contributed by atoms with Crippen molar-refractivity contribution in [2.24, 2.45) is 10.7 Å². The van der Waals surface area contributed by atoms with Gasteiger partial charge >= 0.3 is 0 Å². The molecule has 0 atom stereocenters. The topological polar surface area (TPSA) is 58.7 Å². The molecule has 0 aliphatic carbocycles. The summed E-state index contributed by atoms with van der Waals surface area (Å²) in [7, 11) is 3.58. The summed E-state index contributed by atoms with van der Waals surface area (Å²) in [5.41, 5.74) is 6.14. The third-order valence-electron chi connectivity index (χ3n) is 1.16. The number of nitrogens with two attached hydrogens (primary N) is 1. The predicted molar refractivity (Wildman–Crippen MR) is 49.7 cm³/mol. The molecule has 0 aromatic rings. The van der Waals surface area contributed by atoms with Crippen molar-refractivity contribution < 1.29 is 4.79 Å². The maximum atomic E-state index is 10.6. The lowest BCUT2D eigenvalue weighted by atomic mass is 10.3. The van der Waals surface area contributed by atoms with Gasteiger partial charge in [0.25, 0.3) is 0 Å². The molecule has 0 spiro atoms. The molecule has 12 heavy (non-hydrogen) atoms. The van der Waals surface area contributed by atoms with Crippen LogP contribution in [0.4, 0.5) is 0 Å². The van der Waals surface area contributed by atoms with Gasteiger partial charge in [0, 0.05) is 25.9 Å². The Balaban J connectivity index is 4.43. The lowest BCUT2D eigenvalue weighted by molar-refractivity contribution is -0.112. The number of guanidine groups is 1. The van der Waals surface area contributed by atoms with E-state index in [1.165, 1.54) is 13.0 Å². The van der Waals surface area contributed by atoms with Crippen LogP contribution in [-0.2, 0) is 4.79 Å². The normalized spacial score (nSPS) is 13.0. The standard InChI is InChI=1S/C8H15N3O/c1-6(5-7(2)12)10-8(9)11(3)4/h5H,1-4H3,(H2,9,10)/b6-5+. The number of aliphatic imine (C=N–C) groups is 1. The smallest absolute Gasteiger partial charge is 0.195 e. The first kappa shape index (κ1) is 10.7. The molecule has 4 heteroatoms. The number of hydrogen-bond donors (Lipinski definition) is 1. The van der Waals surface area contributed by atoms with Crippen LogP contribution in [0.5, 0.6) is 0 Å². The lowest BCUT2D eigenvalue weighted by Gasteiger charge is -2.09. The Kier molecular flexibility index (Phi) is 4.04. The number of ketones is 1. The van der Waals surface area contributed by atoms with Crippen molar-refractivity contribution in [3.63, 3.8) is 0 Å². The first-order chi connectivity index (χ1) is 5.43. The van der Waals surface area contributed by atoms with Gasteiger partial charge in [-0.15, -0.1) is 0 Å². The number of hydrogen-bond acceptors (Lipinski definition) is 2. The molecule has 0 heterocycles. The number of carbonyl (C=O) groups excluding carboxylic acids is 1. The lowest BCUT2D eigenvalue weighted by Crippen LogP contribution is -2.30. The van der Waals surface area contributed by atoms with Crippen molar-refractivity contribution in [3.05, 3.63) is 11.8 Å². The summed E-state index contributed by atoms with van der Waals surface area (Å²) in [6.45, 7) is 3.21. The zero-order valence-corrected chi connectivity index (χ0v) is 7.96. The second-order valence-corrected chi connectivity index (χ2v) is 2.76. The molecule has 0 aliphatic rings. The van der Waals surface area contributed by atoms with Crippen LogP contribution in [-0.4, -0.2) is 30.7 Å². The van der Waals surface area contributed by atoms with Crippen LogP contribution in [0.15, 0.2) is 16.8 Å². The number of carbonyl (C=O) groups is 1. The minimum absolute atomic E-state index is 0.0252. The molecule has 0 aliphatic heterocycles. The highest BCUT2D eigenvalue weighted by atomic mass is 16.1. The van der Waals surface area contributed by atoms with Crippen LogP contribution in [0.3, 0.4) is 0 Å². The van der Waals surface area contributed by atoms with Gasteiger partial charge in [0.2, 0.25) is 0 Å². The van der Waals surface area contributed by atoms with Crippen LogP contribution in [0.2, 0.25) is 0 Å². The molecule has 0 aromatic heterocycles. The van der Waals surface area contributed by atoms with E-state index in [0.717, 1.165) is 0 Å². The van der Waals surface area contributed by atoms with E-state index in [1.54, 1.807) is 25.9 Å². The summed E-state index contributed by atoms with van der Waals surface area (Å²) >= 11 is 0. The molecule has 0 rings (SSSR count). The van der Waals surface area contributed by atoms with Gasteiger partial charge < -0.3 is 10.6 Å². The van der Waals surface area contributed by atoms with E-state index >= 15 is 0 Å². The Labute approximate surface area is 72.8 Å². The average molecular weight is 169 g/mol. The summed E-state index contributed by atoms with van der Waals surface area (Å²) in [6.07, 6.45) is 1.44. The van der Waals surface area contributed by atoms with Crippen LogP contribution in [0.1, 0.15) is 13.8 Å². The summed E-state index contributed by atoms with van der Waals surface area (Å²) in [4.78, 5) is 16.3. The minimum Gasteiger partial charge on any atom is -0.370 e. The van der Waals surface area contributed by atoms with E-state index in [0.29, 0.717) is 11.7 Å². The second-order valence-electron chi connectivity index (χ2n) is 2.76. The highest BCUT2D eigenvalue weighted by molar-refractivity contribution is 5.88. The third-order valence-corrected chi connectivity index (χ3v) is 1.16. The Morgan fingerprint density at radius 2 is 1.92 bits per heavy atom. The van der Waals surface area contributed by atoms with Gasteiger partial charge in [-0.3, -0.25) is 4.79 Å². The minimum atomic E-state index is -0.0252. The van der Waals surface area contributed by atoms with E-state index in [4.69, 9.17) is 5.73 Å². The van der Waals surface area contributed by atoms with Crippen molar-refractivity contribution in [3.8, 4) is 0 Å². The highest BCUT2D eigenvalue weighted by Gasteiger charge is 1.94. The molecule has 2 N–H and O–H groups in total. The quantitative estimate of drug-likeness (QED) is 0.369. The Morgan fingerprint density at radius 3 is 2.25 bits per heavy atom. The maximum Gasteiger partial charge on any atom is 0.195 e. The predicted octanol–water partition coefficient (Wildman–Crippen LogP) is 0.355. The Morgan fingerprint density at radius 1 is 1.42 bits per heavy atom. The van der Waals surface area contributed by atoms with E-state index in [2.05, 4.69) is 4.99 Å². The van der Waals surface area contributed by atoms with Crippen LogP contribution in [0, 0.1) is 0 Å². The average Bonchev–Trinajstić information content (AvgIpc) is 1.84. The van der Waals surface area contributed by atoms with Crippen LogP contribution < -0.4 is 5.73 Å². The Bertz CT molecular complexity index is 228. The first-order valence-electron chi connectivity index (χ1n) is 3.64. The van der Waals surface area contributed by atoms with Crippen molar-refractivity contribution in [1.82, 2.24) is 4.90 Å². The van der Waals surface area contributed by atoms with Crippen LogP contribution >= 0.6 is 0 Å². The van der Waals surface area contributed by atoms with Gasteiger partial charge in [-0.2, -0.15) is 0 Å². The second kappa shape index (κ2) is 4.54. The SMILES string of the molecule is CC(=O)/C=C(\C)N=C(N)N(C)C.